The lowest BCUT2D eigenvalue weighted by molar-refractivity contribution is -0.169. The van der Waals surface area contributed by atoms with Crippen LogP contribution in [0.25, 0.3) is 0 Å². The van der Waals surface area contributed by atoms with Gasteiger partial charge in [-0.3, -0.25) is 9.59 Å². The molecule has 0 bridgehead atoms. The summed E-state index contributed by atoms with van der Waals surface area (Å²) in [4.78, 5) is 21.4. The zero-order valence-corrected chi connectivity index (χ0v) is 7.23. The minimum Gasteiger partial charge on any atom is -0.463 e. The average molecular weight is 192 g/mol. The number of carbonyl (C=O) groups excluding carboxylic acids is 2. The van der Waals surface area contributed by atoms with E-state index in [-0.39, 0.29) is 13.2 Å². The Hall–Kier alpha value is -1.14. The molecule has 1 atom stereocenters. The zero-order valence-electron chi connectivity index (χ0n) is 7.23. The summed E-state index contributed by atoms with van der Waals surface area (Å²) in [5, 5.41) is 16.8. The summed E-state index contributed by atoms with van der Waals surface area (Å²) >= 11 is 0. The molecule has 0 fully saturated rings. The Labute approximate surface area is 75.1 Å². The molecule has 0 aromatic rings. The second-order valence-electron chi connectivity index (χ2n) is 2.21. The fourth-order valence-corrected chi connectivity index (χ4v) is 0.560. The second kappa shape index (κ2) is 6.38. The van der Waals surface area contributed by atoms with E-state index in [1.807, 2.05) is 0 Å². The van der Waals surface area contributed by atoms with Crippen molar-refractivity contribution in [3.63, 3.8) is 0 Å². The minimum absolute atomic E-state index is 0.152. The Balaban J connectivity index is 3.59. The van der Waals surface area contributed by atoms with Crippen LogP contribution in [-0.2, 0) is 19.1 Å². The van der Waals surface area contributed by atoms with Crippen molar-refractivity contribution >= 4 is 11.9 Å². The number of carbonyl (C=O) groups is 2. The molecule has 76 valence electrons. The van der Waals surface area contributed by atoms with E-state index in [9.17, 15) is 9.59 Å². The van der Waals surface area contributed by atoms with Crippen LogP contribution in [0.3, 0.4) is 0 Å². The summed E-state index contributed by atoms with van der Waals surface area (Å²) in [5.41, 5.74) is 0. The van der Waals surface area contributed by atoms with Crippen molar-refractivity contribution in [2.45, 2.75) is 19.6 Å². The zero-order chi connectivity index (χ0) is 10.3. The molecule has 0 aliphatic rings. The predicted molar refractivity (Wildman–Crippen MR) is 40.4 cm³/mol. The molecule has 1 unspecified atom stereocenters. The van der Waals surface area contributed by atoms with Gasteiger partial charge in [0, 0.05) is 0 Å². The van der Waals surface area contributed by atoms with Crippen LogP contribution >= 0.6 is 0 Å². The van der Waals surface area contributed by atoms with Gasteiger partial charge in [-0.05, 0) is 6.92 Å². The van der Waals surface area contributed by atoms with E-state index < -0.39 is 24.6 Å². The van der Waals surface area contributed by atoms with Gasteiger partial charge in [0.15, 0.2) is 6.29 Å². The van der Waals surface area contributed by atoms with Crippen LogP contribution < -0.4 is 0 Å². The van der Waals surface area contributed by atoms with Crippen molar-refractivity contribution in [3.05, 3.63) is 0 Å². The van der Waals surface area contributed by atoms with Crippen molar-refractivity contribution in [3.8, 4) is 0 Å². The van der Waals surface area contributed by atoms with Crippen molar-refractivity contribution in [1.29, 1.82) is 0 Å². The van der Waals surface area contributed by atoms with Crippen LogP contribution in [0.2, 0.25) is 0 Å². The van der Waals surface area contributed by atoms with Gasteiger partial charge in [0.25, 0.3) is 0 Å². The minimum atomic E-state index is -1.24. The summed E-state index contributed by atoms with van der Waals surface area (Å²) in [6.45, 7) is 0.801. The number of aliphatic hydroxyl groups excluding tert-OH is 2. The summed E-state index contributed by atoms with van der Waals surface area (Å²) in [6.07, 6.45) is -1.80. The summed E-state index contributed by atoms with van der Waals surface area (Å²) in [5.74, 6) is -1.65. The first-order valence-electron chi connectivity index (χ1n) is 3.70. The topological polar surface area (TPSA) is 93.1 Å². The van der Waals surface area contributed by atoms with Gasteiger partial charge < -0.3 is 19.7 Å². The maximum absolute atomic E-state index is 10.7. The Morgan fingerprint density at radius 2 is 2.00 bits per heavy atom. The quantitative estimate of drug-likeness (QED) is 0.322. The summed E-state index contributed by atoms with van der Waals surface area (Å²) in [7, 11) is 0. The predicted octanol–water partition coefficient (Wildman–Crippen LogP) is -1.21. The van der Waals surface area contributed by atoms with E-state index in [1.54, 1.807) is 0 Å². The molecule has 2 N–H and O–H groups in total. The average Bonchev–Trinajstić information content (AvgIpc) is 1.98. The summed E-state index contributed by atoms with van der Waals surface area (Å²) < 4.78 is 8.63. The molecule has 0 saturated carbocycles. The maximum Gasteiger partial charge on any atom is 0.319 e. The number of hydrogen-bond acceptors (Lipinski definition) is 6. The Kier molecular flexibility index (Phi) is 5.82. The van der Waals surface area contributed by atoms with Crippen LogP contribution in [0.5, 0.6) is 0 Å². The highest BCUT2D eigenvalue weighted by Gasteiger charge is 2.13. The molecule has 6 nitrogen and oxygen atoms in total. The van der Waals surface area contributed by atoms with E-state index in [4.69, 9.17) is 10.2 Å². The van der Waals surface area contributed by atoms with Crippen molar-refractivity contribution in [2.75, 3.05) is 13.2 Å². The molecule has 0 rings (SSSR count). The molecule has 0 aromatic carbocycles. The molecule has 0 aliphatic heterocycles. The monoisotopic (exact) mass is 192 g/mol. The normalized spacial score (nSPS) is 11.9. The van der Waals surface area contributed by atoms with Gasteiger partial charge in [-0.15, -0.1) is 0 Å². The first-order chi connectivity index (χ1) is 6.06. The van der Waals surface area contributed by atoms with E-state index in [0.29, 0.717) is 0 Å². The van der Waals surface area contributed by atoms with Gasteiger partial charge in [0.2, 0.25) is 0 Å². The third-order valence-electron chi connectivity index (χ3n) is 0.945. The second-order valence-corrected chi connectivity index (χ2v) is 2.21. The lowest BCUT2D eigenvalue weighted by Gasteiger charge is -2.06. The maximum atomic E-state index is 10.7. The van der Waals surface area contributed by atoms with Gasteiger partial charge >= 0.3 is 11.9 Å². The van der Waals surface area contributed by atoms with Gasteiger partial charge in [-0.1, -0.05) is 0 Å². The molecular weight excluding hydrogens is 180 g/mol. The van der Waals surface area contributed by atoms with Crippen LogP contribution in [0, 0.1) is 0 Å². The Morgan fingerprint density at radius 1 is 1.38 bits per heavy atom. The van der Waals surface area contributed by atoms with Crippen molar-refractivity contribution in [2.24, 2.45) is 0 Å². The summed E-state index contributed by atoms with van der Waals surface area (Å²) in [6, 6.07) is 0. The highest BCUT2D eigenvalue weighted by Crippen LogP contribution is 1.93. The third kappa shape index (κ3) is 7.23. The van der Waals surface area contributed by atoms with E-state index in [0.717, 1.165) is 0 Å². The van der Waals surface area contributed by atoms with Gasteiger partial charge in [0.1, 0.15) is 13.0 Å². The largest absolute Gasteiger partial charge is 0.463 e. The molecule has 13 heavy (non-hydrogen) atoms. The Morgan fingerprint density at radius 3 is 2.46 bits per heavy atom. The number of esters is 2. The SMILES string of the molecule is CC(O)OC(=O)CC(=O)OCCO. The van der Waals surface area contributed by atoms with Crippen LogP contribution in [0.4, 0.5) is 0 Å². The molecule has 0 heterocycles. The van der Waals surface area contributed by atoms with Gasteiger partial charge in [-0.25, -0.2) is 0 Å². The fourth-order valence-electron chi connectivity index (χ4n) is 0.560. The standard InChI is InChI=1S/C7H12O6/c1-5(9)13-7(11)4-6(10)12-3-2-8/h5,8-9H,2-4H2,1H3. The van der Waals surface area contributed by atoms with Crippen LogP contribution in [0.1, 0.15) is 13.3 Å². The number of hydrogen-bond donors (Lipinski definition) is 2. The molecule has 6 heteroatoms. The van der Waals surface area contributed by atoms with Crippen molar-refractivity contribution in [1.82, 2.24) is 0 Å². The highest BCUT2D eigenvalue weighted by atomic mass is 16.6. The van der Waals surface area contributed by atoms with Crippen LogP contribution in [0.15, 0.2) is 0 Å². The smallest absolute Gasteiger partial charge is 0.319 e. The third-order valence-corrected chi connectivity index (χ3v) is 0.945. The highest BCUT2D eigenvalue weighted by molar-refractivity contribution is 5.91. The Bertz CT molecular complexity index is 176. The number of rotatable bonds is 5. The van der Waals surface area contributed by atoms with E-state index >= 15 is 0 Å². The first kappa shape index (κ1) is 11.9. The van der Waals surface area contributed by atoms with E-state index in [1.165, 1.54) is 6.92 Å². The molecule has 0 radical (unpaired) electrons. The van der Waals surface area contributed by atoms with E-state index in [2.05, 4.69) is 9.47 Å². The lowest BCUT2D eigenvalue weighted by atomic mass is 10.4. The van der Waals surface area contributed by atoms with Gasteiger partial charge in [0.05, 0.1) is 6.61 Å². The molecule has 0 saturated heterocycles. The fraction of sp³-hybridized carbons (Fsp3) is 0.714. The van der Waals surface area contributed by atoms with Crippen molar-refractivity contribution < 1.29 is 29.3 Å². The molecular formula is C7H12O6. The van der Waals surface area contributed by atoms with Crippen LogP contribution in [-0.4, -0.2) is 41.7 Å². The first-order valence-corrected chi connectivity index (χ1v) is 3.70. The molecule has 0 amide bonds. The molecule has 0 aromatic heterocycles. The molecule has 0 aliphatic carbocycles. The van der Waals surface area contributed by atoms with Gasteiger partial charge in [-0.2, -0.15) is 0 Å². The molecule has 0 spiro atoms. The lowest BCUT2D eigenvalue weighted by Crippen LogP contribution is -2.19. The number of ether oxygens (including phenoxy) is 2. The number of aliphatic hydroxyl groups is 2.